The van der Waals surface area contributed by atoms with Crippen LogP contribution in [0.4, 0.5) is 0 Å². The van der Waals surface area contributed by atoms with E-state index in [0.717, 1.165) is 44.9 Å². The first-order chi connectivity index (χ1) is 31.8. The maximum absolute atomic E-state index is 13.0. The third kappa shape index (κ3) is 36.1. The normalized spacial score (nSPS) is 20.1. The Morgan fingerprint density at radius 2 is 0.877 bits per heavy atom. The van der Waals surface area contributed by atoms with Gasteiger partial charge < -0.3 is 40.3 Å². The van der Waals surface area contributed by atoms with Crippen molar-refractivity contribution in [3.8, 4) is 0 Å². The van der Waals surface area contributed by atoms with E-state index in [1.54, 1.807) is 6.08 Å². The van der Waals surface area contributed by atoms with E-state index in [2.05, 4.69) is 43.5 Å². The molecule has 0 bridgehead atoms. The van der Waals surface area contributed by atoms with Gasteiger partial charge in [0, 0.05) is 6.42 Å². The van der Waals surface area contributed by atoms with E-state index in [4.69, 9.17) is 9.47 Å². The monoisotopic (exact) mass is 920 g/mol. The lowest BCUT2D eigenvalue weighted by Gasteiger charge is -2.40. The van der Waals surface area contributed by atoms with Crippen molar-refractivity contribution in [2.24, 2.45) is 0 Å². The lowest BCUT2D eigenvalue weighted by atomic mass is 9.99. The number of amides is 1. The summed E-state index contributed by atoms with van der Waals surface area (Å²) < 4.78 is 11.2. The second kappa shape index (κ2) is 46.2. The molecule has 0 spiro atoms. The molecule has 1 fully saturated rings. The lowest BCUT2D eigenvalue weighted by Crippen LogP contribution is -2.60. The summed E-state index contributed by atoms with van der Waals surface area (Å²) in [7, 11) is 0. The second-order valence-corrected chi connectivity index (χ2v) is 19.4. The van der Waals surface area contributed by atoms with Gasteiger partial charge in [-0.25, -0.2) is 0 Å². The minimum atomic E-state index is -1.57. The van der Waals surface area contributed by atoms with E-state index in [9.17, 15) is 30.3 Å². The third-order valence-corrected chi connectivity index (χ3v) is 13.2. The summed E-state index contributed by atoms with van der Waals surface area (Å²) in [5.41, 5.74) is 0. The Labute approximate surface area is 400 Å². The van der Waals surface area contributed by atoms with E-state index >= 15 is 0 Å². The SMILES string of the molecule is CCCCCCCCCCCCCCCCCCC/C=C/CC/C=C/CC/C=C/C(O)C(COC1OC(CO)C(O)C(O)C1O)NC(=O)CCCCCCCCCCCCCCCCC. The smallest absolute Gasteiger partial charge is 0.220 e. The molecule has 6 N–H and O–H groups in total. The van der Waals surface area contributed by atoms with Crippen LogP contribution in [-0.2, 0) is 14.3 Å². The predicted octanol–water partition coefficient (Wildman–Crippen LogP) is 13.2. The van der Waals surface area contributed by atoms with Crippen LogP contribution in [0.5, 0.6) is 0 Å². The first kappa shape index (κ1) is 61.4. The molecule has 0 radical (unpaired) electrons. The van der Waals surface area contributed by atoms with Gasteiger partial charge in [-0.15, -0.1) is 0 Å². The number of ether oxygens (including phenoxy) is 2. The summed E-state index contributed by atoms with van der Waals surface area (Å²) in [6.07, 6.45) is 52.1. The van der Waals surface area contributed by atoms with Gasteiger partial charge >= 0.3 is 0 Å². The largest absolute Gasteiger partial charge is 0.394 e. The number of aliphatic hydroxyl groups is 5. The summed E-state index contributed by atoms with van der Waals surface area (Å²) >= 11 is 0. The topological polar surface area (TPSA) is 149 Å². The van der Waals surface area contributed by atoms with E-state index in [1.807, 2.05) is 6.08 Å². The average Bonchev–Trinajstić information content (AvgIpc) is 3.31. The number of hydrogen-bond acceptors (Lipinski definition) is 8. The zero-order chi connectivity index (χ0) is 47.3. The van der Waals surface area contributed by atoms with Gasteiger partial charge in [-0.1, -0.05) is 243 Å². The third-order valence-electron chi connectivity index (χ3n) is 13.2. The maximum atomic E-state index is 13.0. The Morgan fingerprint density at radius 3 is 1.29 bits per heavy atom. The molecule has 0 aromatic rings. The highest BCUT2D eigenvalue weighted by atomic mass is 16.7. The number of allylic oxidation sites excluding steroid dienone is 5. The van der Waals surface area contributed by atoms with Crippen LogP contribution in [-0.4, -0.2) is 87.5 Å². The van der Waals surface area contributed by atoms with Crippen LogP contribution in [0.25, 0.3) is 0 Å². The van der Waals surface area contributed by atoms with Crippen molar-refractivity contribution < 1.29 is 39.8 Å². The lowest BCUT2D eigenvalue weighted by molar-refractivity contribution is -0.302. The van der Waals surface area contributed by atoms with Crippen LogP contribution in [0.1, 0.15) is 258 Å². The molecule has 7 atom stereocenters. The van der Waals surface area contributed by atoms with Gasteiger partial charge in [-0.05, 0) is 44.9 Å². The molecule has 382 valence electrons. The van der Waals surface area contributed by atoms with Gasteiger partial charge in [0.2, 0.25) is 5.91 Å². The van der Waals surface area contributed by atoms with Gasteiger partial charge in [-0.2, -0.15) is 0 Å². The Morgan fingerprint density at radius 1 is 0.508 bits per heavy atom. The number of rotatable bonds is 47. The summed E-state index contributed by atoms with van der Waals surface area (Å²) in [4.78, 5) is 13.0. The first-order valence-electron chi connectivity index (χ1n) is 27.7. The van der Waals surface area contributed by atoms with Crippen LogP contribution in [0.2, 0.25) is 0 Å². The van der Waals surface area contributed by atoms with Crippen molar-refractivity contribution in [1.82, 2.24) is 5.32 Å². The fraction of sp³-hybridized carbons (Fsp3) is 0.875. The molecule has 1 aliphatic heterocycles. The molecular formula is C56H105NO8. The van der Waals surface area contributed by atoms with Crippen molar-refractivity contribution in [3.05, 3.63) is 36.5 Å². The standard InChI is InChI=1S/C56H105NO8/c1-3-5-7-9-11-13-15-17-19-20-21-22-23-24-25-26-27-28-29-30-32-33-35-37-39-41-43-45-50(59)49(48-64-56-55(63)54(62)53(61)51(47-58)65-56)57-52(60)46-44-42-40-38-36-34-31-18-16-14-12-10-8-6-4-2/h29-30,35,37,43,45,49-51,53-56,58-59,61-63H,3-28,31-34,36,38-42,44,46-48H2,1-2H3,(H,57,60)/b30-29+,37-35+,45-43+. The van der Waals surface area contributed by atoms with Crippen molar-refractivity contribution in [3.63, 3.8) is 0 Å². The van der Waals surface area contributed by atoms with Crippen molar-refractivity contribution in [1.29, 1.82) is 0 Å². The first-order valence-corrected chi connectivity index (χ1v) is 27.7. The average molecular weight is 920 g/mol. The van der Waals surface area contributed by atoms with Gasteiger partial charge in [0.25, 0.3) is 0 Å². The Kier molecular flexibility index (Phi) is 43.6. The number of hydrogen-bond donors (Lipinski definition) is 6. The van der Waals surface area contributed by atoms with Crippen molar-refractivity contribution in [2.75, 3.05) is 13.2 Å². The summed E-state index contributed by atoms with van der Waals surface area (Å²) in [5.74, 6) is -0.188. The molecule has 1 amide bonds. The summed E-state index contributed by atoms with van der Waals surface area (Å²) in [6.45, 7) is 3.78. The highest BCUT2D eigenvalue weighted by Gasteiger charge is 2.44. The quantitative estimate of drug-likeness (QED) is 0.0261. The number of aliphatic hydroxyl groups excluding tert-OH is 5. The van der Waals surface area contributed by atoms with Crippen LogP contribution in [0, 0.1) is 0 Å². The van der Waals surface area contributed by atoms with E-state index in [0.29, 0.717) is 6.42 Å². The minimum absolute atomic E-state index is 0.188. The molecule has 1 rings (SSSR count). The van der Waals surface area contributed by atoms with Crippen LogP contribution < -0.4 is 5.32 Å². The van der Waals surface area contributed by atoms with Gasteiger partial charge in [0.05, 0.1) is 25.4 Å². The fourth-order valence-corrected chi connectivity index (χ4v) is 8.78. The van der Waals surface area contributed by atoms with E-state index in [-0.39, 0.29) is 12.5 Å². The van der Waals surface area contributed by atoms with E-state index < -0.39 is 49.5 Å². The molecule has 9 heteroatoms. The maximum Gasteiger partial charge on any atom is 0.220 e. The zero-order valence-electron chi connectivity index (χ0n) is 42.3. The summed E-state index contributed by atoms with van der Waals surface area (Å²) in [5, 5.41) is 54.4. The van der Waals surface area contributed by atoms with Crippen molar-refractivity contribution in [2.45, 2.75) is 301 Å². The minimum Gasteiger partial charge on any atom is -0.394 e. The Bertz CT molecular complexity index is 1110. The Balaban J connectivity index is 2.26. The molecule has 1 aliphatic rings. The van der Waals surface area contributed by atoms with Crippen LogP contribution in [0.3, 0.4) is 0 Å². The molecule has 9 nitrogen and oxygen atoms in total. The molecular weight excluding hydrogens is 815 g/mol. The van der Waals surface area contributed by atoms with Gasteiger partial charge in [-0.3, -0.25) is 4.79 Å². The van der Waals surface area contributed by atoms with Crippen LogP contribution >= 0.6 is 0 Å². The Hall–Kier alpha value is -1.59. The number of carbonyl (C=O) groups is 1. The number of nitrogens with one attached hydrogen (secondary N) is 1. The van der Waals surface area contributed by atoms with Crippen LogP contribution in [0.15, 0.2) is 36.5 Å². The zero-order valence-corrected chi connectivity index (χ0v) is 42.3. The van der Waals surface area contributed by atoms with Gasteiger partial charge in [0.15, 0.2) is 6.29 Å². The number of carbonyl (C=O) groups excluding carboxylic acids is 1. The van der Waals surface area contributed by atoms with E-state index in [1.165, 1.54) is 193 Å². The highest BCUT2D eigenvalue weighted by molar-refractivity contribution is 5.76. The van der Waals surface area contributed by atoms with Crippen molar-refractivity contribution >= 4 is 5.91 Å². The second-order valence-electron chi connectivity index (χ2n) is 19.4. The molecule has 7 unspecified atom stereocenters. The molecule has 1 heterocycles. The molecule has 0 aromatic heterocycles. The molecule has 1 saturated heterocycles. The predicted molar refractivity (Wildman–Crippen MR) is 272 cm³/mol. The molecule has 65 heavy (non-hydrogen) atoms. The molecule has 0 aromatic carbocycles. The summed E-state index contributed by atoms with van der Waals surface area (Å²) in [6, 6.07) is -0.825. The molecule has 0 saturated carbocycles. The fourth-order valence-electron chi connectivity index (χ4n) is 8.78. The molecule has 0 aliphatic carbocycles. The van der Waals surface area contributed by atoms with Gasteiger partial charge in [0.1, 0.15) is 24.4 Å². The highest BCUT2D eigenvalue weighted by Crippen LogP contribution is 2.23. The number of unbranched alkanes of at least 4 members (excludes halogenated alkanes) is 33.